The molecule has 3 aromatic rings. The Morgan fingerprint density at radius 1 is 1.09 bits per heavy atom. The topological polar surface area (TPSA) is 137 Å². The van der Waals surface area contributed by atoms with E-state index in [9.17, 15) is 26.4 Å². The summed E-state index contributed by atoms with van der Waals surface area (Å²) < 4.78 is 58.0. The van der Waals surface area contributed by atoms with E-state index in [0.29, 0.717) is 30.6 Å². The normalized spacial score (nSPS) is 18.0. The standard InChI is InChI=1S/C28H38N4O3S2.C2HF3O2/c1-4-37(34,35)32-11-7-19(8-12-32)24-16-30-26-22(24)13-20(14-23(26)28(29)33)21-15-25(36-17-21)27(18(2)3)31-9-5-6-10-31;3-2(4,5)1(6)7/h13-19,27,30H,4-12H2,1-3H3,(H2,29,33);(H,6,7). The summed E-state index contributed by atoms with van der Waals surface area (Å²) in [6, 6.07) is 6.79. The molecule has 0 radical (unpaired) electrons. The van der Waals surface area contributed by atoms with Crippen LogP contribution in [0.1, 0.15) is 79.2 Å². The van der Waals surface area contributed by atoms with E-state index in [1.165, 1.54) is 17.7 Å². The number of benzene rings is 1. The number of H-pyrrole nitrogens is 1. The van der Waals surface area contributed by atoms with Crippen molar-refractivity contribution in [1.29, 1.82) is 0 Å². The molecule has 0 spiro atoms. The van der Waals surface area contributed by atoms with Gasteiger partial charge in [0, 0.05) is 35.6 Å². The number of rotatable bonds is 8. The van der Waals surface area contributed by atoms with E-state index in [0.717, 1.165) is 53.5 Å². The van der Waals surface area contributed by atoms with Crippen LogP contribution in [0, 0.1) is 5.92 Å². The molecule has 1 amide bonds. The van der Waals surface area contributed by atoms with E-state index in [1.807, 2.05) is 12.3 Å². The summed E-state index contributed by atoms with van der Waals surface area (Å²) in [6.45, 7) is 9.63. The quantitative estimate of drug-likeness (QED) is 0.274. The number of carbonyl (C=O) groups excluding carboxylic acids is 1. The van der Waals surface area contributed by atoms with Crippen LogP contribution in [0.2, 0.25) is 0 Å². The summed E-state index contributed by atoms with van der Waals surface area (Å²) >= 11 is 1.80. The van der Waals surface area contributed by atoms with Gasteiger partial charge in [-0.15, -0.1) is 11.3 Å². The molecular weight excluding hydrogens is 617 g/mol. The van der Waals surface area contributed by atoms with Crippen molar-refractivity contribution in [1.82, 2.24) is 14.2 Å². The van der Waals surface area contributed by atoms with E-state index >= 15 is 0 Å². The molecule has 2 saturated heterocycles. The molecule has 44 heavy (non-hydrogen) atoms. The maximum absolute atomic E-state index is 12.5. The number of hydrogen-bond donors (Lipinski definition) is 3. The lowest BCUT2D eigenvalue weighted by Gasteiger charge is -2.31. The van der Waals surface area contributed by atoms with Gasteiger partial charge in [0.2, 0.25) is 10.0 Å². The van der Waals surface area contributed by atoms with Gasteiger partial charge in [0.15, 0.2) is 0 Å². The van der Waals surface area contributed by atoms with Crippen LogP contribution in [0.4, 0.5) is 13.2 Å². The molecule has 1 atom stereocenters. The highest BCUT2D eigenvalue weighted by molar-refractivity contribution is 7.89. The van der Waals surface area contributed by atoms with Crippen molar-refractivity contribution in [2.45, 2.75) is 64.6 Å². The van der Waals surface area contributed by atoms with Gasteiger partial charge in [-0.25, -0.2) is 17.5 Å². The predicted octanol–water partition coefficient (Wildman–Crippen LogP) is 5.95. The zero-order chi connectivity index (χ0) is 32.4. The smallest absolute Gasteiger partial charge is 0.475 e. The highest BCUT2D eigenvalue weighted by Crippen LogP contribution is 2.41. The van der Waals surface area contributed by atoms with E-state index in [1.54, 1.807) is 22.6 Å². The number of aliphatic carboxylic acids is 1. The molecule has 9 nitrogen and oxygen atoms in total. The fourth-order valence-electron chi connectivity index (χ4n) is 6.19. The van der Waals surface area contributed by atoms with Gasteiger partial charge in [-0.3, -0.25) is 9.69 Å². The third-order valence-electron chi connectivity index (χ3n) is 8.39. The van der Waals surface area contributed by atoms with Gasteiger partial charge in [-0.1, -0.05) is 13.8 Å². The number of nitrogens with two attached hydrogens (primary N) is 1. The number of nitrogens with one attached hydrogen (secondary N) is 1. The first kappa shape index (κ1) is 33.9. The molecule has 2 aromatic heterocycles. The molecule has 2 aliphatic heterocycles. The first-order valence-corrected chi connectivity index (χ1v) is 17.2. The van der Waals surface area contributed by atoms with Crippen molar-refractivity contribution in [3.63, 3.8) is 0 Å². The number of sulfonamides is 1. The van der Waals surface area contributed by atoms with Gasteiger partial charge >= 0.3 is 12.1 Å². The molecule has 14 heteroatoms. The SMILES string of the molecule is CCS(=O)(=O)N1CCC(c2c[nH]c3c(C(N)=O)cc(-c4csc(C(C(C)C)N5CCCC5)c4)cc23)CC1.O=C(O)C(F)(F)F. The van der Waals surface area contributed by atoms with Gasteiger partial charge in [-0.2, -0.15) is 13.2 Å². The van der Waals surface area contributed by atoms with E-state index in [4.69, 9.17) is 15.6 Å². The summed E-state index contributed by atoms with van der Waals surface area (Å²) in [5, 5.41) is 10.3. The predicted molar refractivity (Wildman–Crippen MR) is 165 cm³/mol. The number of fused-ring (bicyclic) bond motifs is 1. The molecule has 0 bridgehead atoms. The minimum Gasteiger partial charge on any atom is -0.475 e. The van der Waals surface area contributed by atoms with Crippen LogP contribution in [-0.4, -0.2) is 77.7 Å². The molecular formula is C30H39F3N4O5S2. The molecule has 1 unspecified atom stereocenters. The number of carbonyl (C=O) groups is 2. The molecule has 5 rings (SSSR count). The number of amides is 1. The molecule has 1 aromatic carbocycles. The summed E-state index contributed by atoms with van der Waals surface area (Å²) in [5.41, 5.74) is 10.4. The number of likely N-dealkylation sites (tertiary alicyclic amines) is 1. The monoisotopic (exact) mass is 656 g/mol. The van der Waals surface area contributed by atoms with Crippen LogP contribution in [0.15, 0.2) is 29.8 Å². The van der Waals surface area contributed by atoms with Crippen molar-refractivity contribution >= 4 is 44.1 Å². The van der Waals surface area contributed by atoms with Gasteiger partial charge in [0.1, 0.15) is 0 Å². The number of carboxylic acids is 1. The van der Waals surface area contributed by atoms with Crippen molar-refractivity contribution in [3.05, 3.63) is 45.8 Å². The van der Waals surface area contributed by atoms with Crippen LogP contribution in [0.3, 0.4) is 0 Å². The van der Waals surface area contributed by atoms with Crippen LogP contribution in [0.5, 0.6) is 0 Å². The van der Waals surface area contributed by atoms with E-state index in [-0.39, 0.29) is 11.7 Å². The first-order valence-electron chi connectivity index (χ1n) is 14.7. The lowest BCUT2D eigenvalue weighted by molar-refractivity contribution is -0.192. The number of piperidine rings is 1. The van der Waals surface area contributed by atoms with Crippen LogP contribution in [-0.2, 0) is 14.8 Å². The Labute approximate surface area is 259 Å². The number of halogens is 3. The number of aromatic nitrogens is 1. The Hall–Kier alpha value is -2.94. The molecule has 4 heterocycles. The maximum Gasteiger partial charge on any atom is 0.490 e. The molecule has 4 N–H and O–H groups in total. The highest BCUT2D eigenvalue weighted by atomic mass is 32.2. The second kappa shape index (κ2) is 13.6. The van der Waals surface area contributed by atoms with Crippen LogP contribution >= 0.6 is 11.3 Å². The Morgan fingerprint density at radius 2 is 1.70 bits per heavy atom. The van der Waals surface area contributed by atoms with Crippen molar-refractivity contribution in [3.8, 4) is 11.1 Å². The number of primary amides is 1. The lowest BCUT2D eigenvalue weighted by Crippen LogP contribution is -2.38. The highest BCUT2D eigenvalue weighted by Gasteiger charge is 2.38. The third kappa shape index (κ3) is 7.47. The Balaban J connectivity index is 0.000000566. The zero-order valence-electron chi connectivity index (χ0n) is 25.0. The molecule has 2 aliphatic rings. The number of nitrogens with zero attached hydrogens (tertiary/aromatic N) is 2. The summed E-state index contributed by atoms with van der Waals surface area (Å²) in [6.07, 6.45) is 0.948. The third-order valence-corrected chi connectivity index (χ3v) is 11.3. The average molecular weight is 657 g/mol. The Bertz CT molecular complexity index is 1590. The summed E-state index contributed by atoms with van der Waals surface area (Å²) in [7, 11) is -3.17. The second-order valence-corrected chi connectivity index (χ2v) is 14.8. The van der Waals surface area contributed by atoms with E-state index in [2.05, 4.69) is 41.2 Å². The largest absolute Gasteiger partial charge is 0.490 e. The Kier molecular flexibility index (Phi) is 10.5. The van der Waals surface area contributed by atoms with Gasteiger partial charge in [-0.05, 0) is 97.8 Å². The van der Waals surface area contributed by atoms with Crippen molar-refractivity contribution in [2.24, 2.45) is 11.7 Å². The molecule has 242 valence electrons. The number of alkyl halides is 3. The number of hydrogen-bond acceptors (Lipinski definition) is 6. The van der Waals surface area contributed by atoms with Gasteiger partial charge in [0.05, 0.1) is 16.8 Å². The summed E-state index contributed by atoms with van der Waals surface area (Å²) in [5.74, 6) is -2.32. The molecule has 2 fully saturated rings. The number of carboxylic acid groups (broad SMARTS) is 1. The van der Waals surface area contributed by atoms with Gasteiger partial charge in [0.25, 0.3) is 5.91 Å². The minimum atomic E-state index is -5.08. The van der Waals surface area contributed by atoms with E-state index < -0.39 is 28.1 Å². The van der Waals surface area contributed by atoms with Crippen LogP contribution < -0.4 is 5.73 Å². The average Bonchev–Trinajstić information content (AvgIpc) is 3.74. The summed E-state index contributed by atoms with van der Waals surface area (Å²) in [4.78, 5) is 28.6. The fraction of sp³-hybridized carbons (Fsp3) is 0.533. The Morgan fingerprint density at radius 3 is 2.23 bits per heavy atom. The lowest BCUT2D eigenvalue weighted by atomic mass is 9.88. The molecule has 0 aliphatic carbocycles. The second-order valence-electron chi connectivity index (χ2n) is 11.6. The van der Waals surface area contributed by atoms with Crippen molar-refractivity contribution < 1.29 is 36.3 Å². The fourth-order valence-corrected chi connectivity index (χ4v) is 8.54. The first-order chi connectivity index (χ1) is 20.6. The van der Waals surface area contributed by atoms with Crippen molar-refractivity contribution in [2.75, 3.05) is 31.9 Å². The number of thiophene rings is 1. The maximum atomic E-state index is 12.5. The molecule has 0 saturated carbocycles. The van der Waals surface area contributed by atoms with Gasteiger partial charge < -0.3 is 15.8 Å². The zero-order valence-corrected chi connectivity index (χ0v) is 26.6. The van der Waals surface area contributed by atoms with Crippen LogP contribution in [0.25, 0.3) is 22.0 Å². The number of aromatic amines is 1. The minimum absolute atomic E-state index is 0.133.